The lowest BCUT2D eigenvalue weighted by molar-refractivity contribution is -0.119. The summed E-state index contributed by atoms with van der Waals surface area (Å²) in [7, 11) is 1.56. The van der Waals surface area contributed by atoms with Crippen LogP contribution in [-0.2, 0) is 4.79 Å². The molecule has 182 valence electrons. The Bertz CT molecular complexity index is 1550. The maximum Gasteiger partial charge on any atom is 0.295 e. The molecule has 2 heterocycles. The number of rotatable bonds is 6. The number of nitrogens with zero attached hydrogens (tertiary/aromatic N) is 1. The number of hydrogen-bond acceptors (Lipinski definition) is 6. The average molecular weight is 485 g/mol. The first-order valence-electron chi connectivity index (χ1n) is 11.3. The lowest BCUT2D eigenvalue weighted by Gasteiger charge is -2.25. The summed E-state index contributed by atoms with van der Waals surface area (Å²) in [4.78, 5) is 40.1. The molecule has 1 aliphatic rings. The van der Waals surface area contributed by atoms with E-state index in [1.165, 1.54) is 0 Å². The highest BCUT2D eigenvalue weighted by molar-refractivity contribution is 6.10. The zero-order chi connectivity index (χ0) is 25.6. The van der Waals surface area contributed by atoms with E-state index >= 15 is 0 Å². The number of anilines is 1. The Morgan fingerprint density at radius 3 is 2.25 bits per heavy atom. The normalized spacial score (nSPS) is 14.7. The van der Waals surface area contributed by atoms with Crippen LogP contribution in [0, 0.1) is 13.8 Å². The van der Waals surface area contributed by atoms with Crippen molar-refractivity contribution < 1.29 is 23.5 Å². The maximum absolute atomic E-state index is 13.8. The van der Waals surface area contributed by atoms with Crippen molar-refractivity contribution in [3.05, 3.63) is 98.9 Å². The first kappa shape index (κ1) is 23.2. The smallest absolute Gasteiger partial charge is 0.295 e. The van der Waals surface area contributed by atoms with Gasteiger partial charge in [-0.3, -0.25) is 19.3 Å². The van der Waals surface area contributed by atoms with Gasteiger partial charge in [0.15, 0.2) is 12.0 Å². The van der Waals surface area contributed by atoms with Crippen LogP contribution in [0.5, 0.6) is 11.5 Å². The highest BCUT2D eigenvalue weighted by Gasteiger charge is 2.43. The Labute approximate surface area is 206 Å². The molecule has 0 saturated carbocycles. The first-order valence-corrected chi connectivity index (χ1v) is 11.3. The largest absolute Gasteiger partial charge is 0.497 e. The van der Waals surface area contributed by atoms with Crippen molar-refractivity contribution in [1.29, 1.82) is 0 Å². The summed E-state index contributed by atoms with van der Waals surface area (Å²) in [5, 5.41) is 0.424. The van der Waals surface area contributed by atoms with E-state index in [1.54, 1.807) is 72.7 Å². The Hall–Kier alpha value is -4.59. The zero-order valence-corrected chi connectivity index (χ0v) is 20.0. The third kappa shape index (κ3) is 3.86. The molecule has 0 saturated heterocycles. The second kappa shape index (κ2) is 8.88. The number of nitrogens with two attached hydrogens (primary N) is 1. The Balaban J connectivity index is 1.69. The molecule has 0 fully saturated rings. The van der Waals surface area contributed by atoms with Crippen LogP contribution >= 0.6 is 0 Å². The molecule has 2 amide bonds. The summed E-state index contributed by atoms with van der Waals surface area (Å²) in [5.74, 6) is 0.100. The summed E-state index contributed by atoms with van der Waals surface area (Å²) in [6.45, 7) is 3.60. The molecule has 8 nitrogen and oxygen atoms in total. The number of carbonyl (C=O) groups is 2. The molecule has 1 unspecified atom stereocenters. The minimum atomic E-state index is -0.728. The van der Waals surface area contributed by atoms with Crippen LogP contribution < -0.4 is 25.5 Å². The van der Waals surface area contributed by atoms with Gasteiger partial charge in [-0.2, -0.15) is 0 Å². The number of ether oxygens (including phenoxy) is 2. The van der Waals surface area contributed by atoms with Gasteiger partial charge < -0.3 is 19.6 Å². The third-order valence-electron chi connectivity index (χ3n) is 6.41. The molecule has 1 aliphatic heterocycles. The van der Waals surface area contributed by atoms with Gasteiger partial charge in [-0.15, -0.1) is 0 Å². The molecule has 3 aromatic carbocycles. The molecule has 0 bridgehead atoms. The van der Waals surface area contributed by atoms with Gasteiger partial charge >= 0.3 is 0 Å². The molecule has 0 spiro atoms. The lowest BCUT2D eigenvalue weighted by atomic mass is 9.97. The van der Waals surface area contributed by atoms with Crippen LogP contribution in [0.15, 0.2) is 69.9 Å². The molecule has 5 rings (SSSR count). The third-order valence-corrected chi connectivity index (χ3v) is 6.41. The van der Waals surface area contributed by atoms with Gasteiger partial charge in [0.2, 0.25) is 5.76 Å². The number of carbonyl (C=O) groups excluding carboxylic acids is 2. The van der Waals surface area contributed by atoms with Crippen molar-refractivity contribution in [2.24, 2.45) is 5.73 Å². The molecular weight excluding hydrogens is 460 g/mol. The number of methoxy groups -OCH3 is 1. The molecule has 1 aromatic heterocycles. The SMILES string of the molecule is COc1ccc(N2C(=O)c3oc4cc(C)c(C)cc4c(=O)c3C2c2ccc(OCC(N)=O)cc2)cc1. The van der Waals surface area contributed by atoms with Crippen molar-refractivity contribution >= 4 is 28.5 Å². The van der Waals surface area contributed by atoms with E-state index in [-0.39, 0.29) is 23.4 Å². The van der Waals surface area contributed by atoms with E-state index < -0.39 is 17.9 Å². The van der Waals surface area contributed by atoms with Gasteiger partial charge in [-0.05, 0) is 79.1 Å². The molecule has 8 heteroatoms. The molecule has 36 heavy (non-hydrogen) atoms. The fraction of sp³-hybridized carbons (Fsp3) is 0.179. The molecule has 0 radical (unpaired) electrons. The predicted molar refractivity (Wildman–Crippen MR) is 135 cm³/mol. The predicted octanol–water partition coefficient (Wildman–Crippen LogP) is 4.03. The number of amides is 2. The number of benzene rings is 3. The van der Waals surface area contributed by atoms with Crippen molar-refractivity contribution in [3.63, 3.8) is 0 Å². The van der Waals surface area contributed by atoms with Crippen LogP contribution in [0.4, 0.5) is 5.69 Å². The van der Waals surface area contributed by atoms with E-state index in [4.69, 9.17) is 19.6 Å². The van der Waals surface area contributed by atoms with Crippen LogP contribution in [0.1, 0.15) is 38.9 Å². The topological polar surface area (TPSA) is 112 Å². The van der Waals surface area contributed by atoms with Crippen molar-refractivity contribution in [3.8, 4) is 11.5 Å². The lowest BCUT2D eigenvalue weighted by Crippen LogP contribution is -2.29. The maximum atomic E-state index is 13.8. The van der Waals surface area contributed by atoms with Crippen molar-refractivity contribution in [2.75, 3.05) is 18.6 Å². The van der Waals surface area contributed by atoms with E-state index in [9.17, 15) is 14.4 Å². The summed E-state index contributed by atoms with van der Waals surface area (Å²) in [6.07, 6.45) is 0. The van der Waals surface area contributed by atoms with Gasteiger partial charge in [0.25, 0.3) is 11.8 Å². The van der Waals surface area contributed by atoms with Crippen molar-refractivity contribution in [1.82, 2.24) is 0 Å². The molecule has 4 aromatic rings. The highest BCUT2D eigenvalue weighted by atomic mass is 16.5. The van der Waals surface area contributed by atoms with E-state index in [0.29, 0.717) is 33.7 Å². The minimum absolute atomic E-state index is 0.0191. The molecule has 0 aliphatic carbocycles. The quantitative estimate of drug-likeness (QED) is 0.442. The Morgan fingerprint density at radius 1 is 0.972 bits per heavy atom. The highest BCUT2D eigenvalue weighted by Crippen LogP contribution is 2.42. The zero-order valence-electron chi connectivity index (χ0n) is 20.0. The van der Waals surface area contributed by atoms with Crippen LogP contribution in [-0.4, -0.2) is 25.5 Å². The molecule has 1 atom stereocenters. The number of hydrogen-bond donors (Lipinski definition) is 1. The number of primary amides is 1. The Kier molecular flexibility index (Phi) is 5.72. The number of aryl methyl sites for hydroxylation is 2. The van der Waals surface area contributed by atoms with E-state index in [0.717, 1.165) is 11.1 Å². The second-order valence-electron chi connectivity index (χ2n) is 8.71. The first-order chi connectivity index (χ1) is 17.3. The van der Waals surface area contributed by atoms with Gasteiger partial charge in [0.1, 0.15) is 17.1 Å². The van der Waals surface area contributed by atoms with E-state index in [1.807, 2.05) is 13.8 Å². The van der Waals surface area contributed by atoms with Crippen LogP contribution in [0.25, 0.3) is 11.0 Å². The Morgan fingerprint density at radius 2 is 1.61 bits per heavy atom. The average Bonchev–Trinajstić information content (AvgIpc) is 3.17. The minimum Gasteiger partial charge on any atom is -0.497 e. The monoisotopic (exact) mass is 484 g/mol. The van der Waals surface area contributed by atoms with Crippen molar-refractivity contribution in [2.45, 2.75) is 19.9 Å². The fourth-order valence-corrected chi connectivity index (χ4v) is 4.45. The van der Waals surface area contributed by atoms with Gasteiger partial charge in [-0.25, -0.2) is 0 Å². The summed E-state index contributed by atoms with van der Waals surface area (Å²) < 4.78 is 16.7. The number of fused-ring (bicyclic) bond motifs is 2. The summed E-state index contributed by atoms with van der Waals surface area (Å²) in [6, 6.07) is 16.7. The molecular formula is C28H24N2O6. The standard InChI is InChI=1S/C28H24N2O6/c1-15-12-21-22(13-16(15)2)36-27-24(26(21)32)25(17-4-8-20(9-5-17)35-14-23(29)31)30(28(27)33)18-6-10-19(34-3)11-7-18/h4-13,25H,14H2,1-3H3,(H2,29,31). The van der Waals surface area contributed by atoms with Gasteiger partial charge in [0.05, 0.1) is 24.1 Å². The van der Waals surface area contributed by atoms with Gasteiger partial charge in [0, 0.05) is 5.69 Å². The van der Waals surface area contributed by atoms with E-state index in [2.05, 4.69) is 0 Å². The fourth-order valence-electron chi connectivity index (χ4n) is 4.45. The van der Waals surface area contributed by atoms with Crippen LogP contribution in [0.3, 0.4) is 0 Å². The van der Waals surface area contributed by atoms with Crippen LogP contribution in [0.2, 0.25) is 0 Å². The summed E-state index contributed by atoms with van der Waals surface area (Å²) >= 11 is 0. The second-order valence-corrected chi connectivity index (χ2v) is 8.71. The summed E-state index contributed by atoms with van der Waals surface area (Å²) in [5.41, 5.74) is 8.75. The molecule has 2 N–H and O–H groups in total. The van der Waals surface area contributed by atoms with Gasteiger partial charge in [-0.1, -0.05) is 12.1 Å².